The fourth-order valence-corrected chi connectivity index (χ4v) is 4.65. The Morgan fingerprint density at radius 1 is 1.00 bits per heavy atom. The molecule has 2 aliphatic heterocycles. The number of rotatable bonds is 8. The van der Waals surface area contributed by atoms with E-state index < -0.39 is 0 Å². The average Bonchev–Trinajstić information content (AvgIpc) is 3.48. The van der Waals surface area contributed by atoms with Crippen LogP contribution < -0.4 is 21.3 Å². The minimum absolute atomic E-state index is 0.117. The first-order valence-corrected chi connectivity index (χ1v) is 13.7. The molecule has 2 aromatic carbocycles. The fraction of sp³-hybridized carbons (Fsp3) is 0.387. The molecule has 0 saturated carbocycles. The van der Waals surface area contributed by atoms with Gasteiger partial charge in [0.25, 0.3) is 5.91 Å². The summed E-state index contributed by atoms with van der Waals surface area (Å²) in [6.07, 6.45) is 4.61. The van der Waals surface area contributed by atoms with Crippen molar-refractivity contribution >= 4 is 40.8 Å². The lowest BCUT2D eigenvalue weighted by atomic mass is 9.94. The van der Waals surface area contributed by atoms with Crippen LogP contribution in [0.1, 0.15) is 39.2 Å². The van der Waals surface area contributed by atoms with Crippen molar-refractivity contribution in [3.05, 3.63) is 72.6 Å². The molecule has 212 valence electrons. The Morgan fingerprint density at radius 2 is 1.62 bits per heavy atom. The first kappa shape index (κ1) is 28.9. The van der Waals surface area contributed by atoms with Crippen LogP contribution in [-0.4, -0.2) is 61.8 Å². The number of nitrogens with zero attached hydrogens (tertiary/aromatic N) is 3. The number of carbonyl (C=O) groups excluding carboxylic acids is 2. The van der Waals surface area contributed by atoms with Gasteiger partial charge in [-0.3, -0.25) is 9.59 Å². The van der Waals surface area contributed by atoms with Crippen LogP contribution in [-0.2, 0) is 14.3 Å². The molecule has 0 bridgehead atoms. The number of carbonyl (C=O) groups is 2. The van der Waals surface area contributed by atoms with Crippen LogP contribution in [0, 0.1) is 5.41 Å². The van der Waals surface area contributed by atoms with Crippen LogP contribution in [0.3, 0.4) is 0 Å². The number of allylic oxidation sites excluding steroid dienone is 1. The van der Waals surface area contributed by atoms with Crippen molar-refractivity contribution < 1.29 is 14.3 Å². The summed E-state index contributed by atoms with van der Waals surface area (Å²) in [6, 6.07) is 15.4. The van der Waals surface area contributed by atoms with E-state index in [0.29, 0.717) is 23.8 Å². The van der Waals surface area contributed by atoms with E-state index in [2.05, 4.69) is 39.2 Å². The predicted octanol–water partition coefficient (Wildman–Crippen LogP) is 4.45. The van der Waals surface area contributed by atoms with E-state index in [1.165, 1.54) is 0 Å². The number of anilines is 3. The minimum Gasteiger partial charge on any atom is -0.398 e. The monoisotopic (exact) mass is 544 g/mol. The Kier molecular flexibility index (Phi) is 9.26. The summed E-state index contributed by atoms with van der Waals surface area (Å²) in [6.45, 7) is 13.6. The number of nitrogens with two attached hydrogens (primary N) is 1. The lowest BCUT2D eigenvalue weighted by Gasteiger charge is -2.38. The summed E-state index contributed by atoms with van der Waals surface area (Å²) in [5, 5.41) is 6.07. The zero-order chi connectivity index (χ0) is 28.7. The lowest BCUT2D eigenvalue weighted by Crippen LogP contribution is -2.51. The van der Waals surface area contributed by atoms with E-state index >= 15 is 0 Å². The Bertz CT molecular complexity index is 1250. The average molecular weight is 545 g/mol. The largest absolute Gasteiger partial charge is 0.398 e. The number of amides is 2. The maximum Gasteiger partial charge on any atom is 0.253 e. The van der Waals surface area contributed by atoms with Crippen molar-refractivity contribution in [1.82, 2.24) is 4.90 Å². The number of ether oxygens (including phenoxy) is 1. The summed E-state index contributed by atoms with van der Waals surface area (Å²) >= 11 is 0. The molecular formula is C31H40N6O3. The van der Waals surface area contributed by atoms with Crippen LogP contribution in [0.5, 0.6) is 0 Å². The molecule has 2 saturated heterocycles. The third kappa shape index (κ3) is 7.72. The molecule has 9 heteroatoms. The Labute approximate surface area is 236 Å². The van der Waals surface area contributed by atoms with Gasteiger partial charge in [-0.15, -0.1) is 0 Å². The highest BCUT2D eigenvalue weighted by atomic mass is 16.5. The zero-order valence-electron chi connectivity index (χ0n) is 23.7. The molecule has 2 aromatic rings. The molecule has 9 nitrogen and oxygen atoms in total. The zero-order valence-corrected chi connectivity index (χ0v) is 23.7. The van der Waals surface area contributed by atoms with Gasteiger partial charge in [0.05, 0.1) is 0 Å². The Morgan fingerprint density at radius 3 is 2.23 bits per heavy atom. The molecule has 2 amide bonds. The van der Waals surface area contributed by atoms with E-state index in [1.807, 2.05) is 62.1 Å². The lowest BCUT2D eigenvalue weighted by molar-refractivity contribution is -0.139. The molecule has 2 heterocycles. The first-order valence-electron chi connectivity index (χ1n) is 13.7. The van der Waals surface area contributed by atoms with E-state index in [-0.39, 0.29) is 23.3 Å². The van der Waals surface area contributed by atoms with Gasteiger partial charge in [-0.05, 0) is 60.9 Å². The Balaban J connectivity index is 1.23. The number of aliphatic imine (C=N–C) groups is 1. The number of piperazine rings is 1. The van der Waals surface area contributed by atoms with E-state index in [9.17, 15) is 9.59 Å². The van der Waals surface area contributed by atoms with Crippen LogP contribution in [0.25, 0.3) is 5.70 Å². The molecule has 2 aliphatic rings. The number of hydrogen-bond donors (Lipinski definition) is 3. The summed E-state index contributed by atoms with van der Waals surface area (Å²) < 4.78 is 5.42. The SMILES string of the molecule is C=C(/N=C\C=C(/N)c1ccc(NC(=O)C2CCCO2)cc1)Nc1ccc(N2CCN(C(=O)C(C)(C)C)CC2)cc1. The number of benzene rings is 2. The number of nitrogens with one attached hydrogen (secondary N) is 2. The molecule has 1 unspecified atom stereocenters. The summed E-state index contributed by atoms with van der Waals surface area (Å²) in [5.41, 5.74) is 9.92. The third-order valence-corrected chi connectivity index (χ3v) is 6.92. The predicted molar refractivity (Wildman–Crippen MR) is 162 cm³/mol. The van der Waals surface area contributed by atoms with Gasteiger partial charge < -0.3 is 30.9 Å². The minimum atomic E-state index is -0.368. The molecule has 4 N–H and O–H groups in total. The van der Waals surface area contributed by atoms with Crippen molar-refractivity contribution in [2.24, 2.45) is 16.1 Å². The topological polar surface area (TPSA) is 112 Å². The standard InChI is InChI=1S/C31H40N6O3/c1-22(33-16-15-27(32)23-7-9-25(10-8-23)35-29(38)28-6-5-21-40-28)34-24-11-13-26(14-12-24)36-17-19-37(20-18-36)30(39)31(2,3)4/h7-16,28,34H,1,5-6,17-21,32H2,2-4H3,(H,35,38)/b27-15-,33-16-. The highest BCUT2D eigenvalue weighted by Gasteiger charge is 2.29. The highest BCUT2D eigenvalue weighted by molar-refractivity contribution is 5.94. The van der Waals surface area contributed by atoms with Gasteiger partial charge in [-0.2, -0.15) is 0 Å². The molecule has 0 radical (unpaired) electrons. The van der Waals surface area contributed by atoms with E-state index in [4.69, 9.17) is 10.5 Å². The van der Waals surface area contributed by atoms with Gasteiger partial charge in [-0.25, -0.2) is 4.99 Å². The second-order valence-electron chi connectivity index (χ2n) is 11.1. The van der Waals surface area contributed by atoms with Crippen molar-refractivity contribution in [3.63, 3.8) is 0 Å². The van der Waals surface area contributed by atoms with Gasteiger partial charge in [0.15, 0.2) is 0 Å². The van der Waals surface area contributed by atoms with E-state index in [1.54, 1.807) is 12.3 Å². The molecule has 2 fully saturated rings. The van der Waals surface area contributed by atoms with Gasteiger partial charge in [0, 0.05) is 67.2 Å². The molecular weight excluding hydrogens is 504 g/mol. The van der Waals surface area contributed by atoms with Crippen LogP contribution in [0.4, 0.5) is 17.1 Å². The highest BCUT2D eigenvalue weighted by Crippen LogP contribution is 2.23. The summed E-state index contributed by atoms with van der Waals surface area (Å²) in [5.74, 6) is 0.572. The van der Waals surface area contributed by atoms with Crippen LogP contribution in [0.15, 0.2) is 72.0 Å². The van der Waals surface area contributed by atoms with E-state index in [0.717, 1.165) is 56.0 Å². The second-order valence-corrected chi connectivity index (χ2v) is 11.1. The van der Waals surface area contributed by atoms with Crippen LogP contribution in [0.2, 0.25) is 0 Å². The van der Waals surface area contributed by atoms with Crippen molar-refractivity contribution in [2.75, 3.05) is 48.3 Å². The van der Waals surface area contributed by atoms with Gasteiger partial charge in [-0.1, -0.05) is 39.5 Å². The van der Waals surface area contributed by atoms with Gasteiger partial charge >= 0.3 is 0 Å². The van der Waals surface area contributed by atoms with Gasteiger partial charge in [0.1, 0.15) is 11.9 Å². The molecule has 0 aromatic heterocycles. The summed E-state index contributed by atoms with van der Waals surface area (Å²) in [7, 11) is 0. The first-order chi connectivity index (χ1) is 19.1. The normalized spacial score (nSPS) is 18.2. The van der Waals surface area contributed by atoms with Crippen LogP contribution >= 0.6 is 0 Å². The summed E-state index contributed by atoms with van der Waals surface area (Å²) in [4.78, 5) is 33.3. The molecule has 4 rings (SSSR count). The molecule has 40 heavy (non-hydrogen) atoms. The molecule has 1 atom stereocenters. The van der Waals surface area contributed by atoms with Crippen molar-refractivity contribution in [2.45, 2.75) is 39.7 Å². The Hall–Kier alpha value is -4.11. The maximum atomic E-state index is 12.5. The smallest absolute Gasteiger partial charge is 0.253 e. The maximum absolute atomic E-state index is 12.5. The van der Waals surface area contributed by atoms with Crippen molar-refractivity contribution in [3.8, 4) is 0 Å². The molecule has 0 spiro atoms. The van der Waals surface area contributed by atoms with Gasteiger partial charge in [0.2, 0.25) is 5.91 Å². The van der Waals surface area contributed by atoms with Crippen molar-refractivity contribution in [1.29, 1.82) is 0 Å². The molecule has 0 aliphatic carbocycles. The quantitative estimate of drug-likeness (QED) is 0.423. The number of hydrogen-bond acceptors (Lipinski definition) is 7. The second kappa shape index (κ2) is 12.8. The third-order valence-electron chi connectivity index (χ3n) is 6.92. The fourth-order valence-electron chi connectivity index (χ4n) is 4.65.